The van der Waals surface area contributed by atoms with E-state index in [1.54, 1.807) is 19.3 Å². The highest BCUT2D eigenvalue weighted by molar-refractivity contribution is 5.94. The number of rotatable bonds is 5. The van der Waals surface area contributed by atoms with Crippen LogP contribution >= 0.6 is 0 Å². The molecular formula is C13H13F2N3O2. The third-order valence-corrected chi connectivity index (χ3v) is 2.62. The topological polar surface area (TPSA) is 67.0 Å². The van der Waals surface area contributed by atoms with Gasteiger partial charge in [0.1, 0.15) is 11.6 Å². The van der Waals surface area contributed by atoms with Gasteiger partial charge in [-0.2, -0.15) is 8.78 Å². The predicted octanol–water partition coefficient (Wildman–Crippen LogP) is 2.50. The molecule has 0 spiro atoms. The number of hydrogen-bond acceptors (Lipinski definition) is 3. The molecule has 1 aromatic carbocycles. The van der Waals surface area contributed by atoms with Crippen LogP contribution in [-0.2, 0) is 0 Å². The summed E-state index contributed by atoms with van der Waals surface area (Å²) < 4.78 is 28.2. The number of aromatic nitrogens is 2. The van der Waals surface area contributed by atoms with E-state index in [0.717, 1.165) is 0 Å². The number of halogens is 2. The van der Waals surface area contributed by atoms with Gasteiger partial charge in [0.05, 0.1) is 6.04 Å². The molecule has 5 nitrogen and oxygen atoms in total. The van der Waals surface area contributed by atoms with Crippen molar-refractivity contribution in [2.75, 3.05) is 0 Å². The van der Waals surface area contributed by atoms with Crippen molar-refractivity contribution in [1.29, 1.82) is 0 Å². The number of aromatic amines is 1. The molecule has 106 valence electrons. The van der Waals surface area contributed by atoms with Crippen molar-refractivity contribution < 1.29 is 18.3 Å². The summed E-state index contributed by atoms with van der Waals surface area (Å²) in [7, 11) is 0. The fourth-order valence-electron chi connectivity index (χ4n) is 1.65. The number of carbonyl (C=O) groups excluding carboxylic acids is 1. The molecule has 1 aromatic heterocycles. The van der Waals surface area contributed by atoms with Crippen LogP contribution in [0.25, 0.3) is 0 Å². The molecular weight excluding hydrogens is 268 g/mol. The second-order valence-corrected chi connectivity index (χ2v) is 4.07. The molecule has 2 rings (SSSR count). The normalized spacial score (nSPS) is 12.2. The van der Waals surface area contributed by atoms with Crippen LogP contribution in [0.15, 0.2) is 36.7 Å². The third kappa shape index (κ3) is 3.53. The number of H-pyrrole nitrogens is 1. The molecule has 0 aliphatic carbocycles. The smallest absolute Gasteiger partial charge is 0.387 e. The highest BCUT2D eigenvalue weighted by Gasteiger charge is 2.13. The summed E-state index contributed by atoms with van der Waals surface area (Å²) >= 11 is 0. The Morgan fingerprint density at radius 2 is 2.05 bits per heavy atom. The molecule has 0 saturated heterocycles. The van der Waals surface area contributed by atoms with Crippen LogP contribution in [0.4, 0.5) is 8.78 Å². The quantitative estimate of drug-likeness (QED) is 0.884. The van der Waals surface area contributed by atoms with Crippen LogP contribution in [0.2, 0.25) is 0 Å². The number of benzene rings is 1. The minimum absolute atomic E-state index is 0.00985. The standard InChI is InChI=1S/C13H13F2N3O2/c1-8(11-16-6-7-17-11)18-12(19)9-2-4-10(5-3-9)20-13(14)15/h2-8,13H,1H3,(H,16,17)(H,18,19). The zero-order valence-electron chi connectivity index (χ0n) is 10.6. The van der Waals surface area contributed by atoms with Crippen LogP contribution in [-0.4, -0.2) is 22.5 Å². The third-order valence-electron chi connectivity index (χ3n) is 2.62. The SMILES string of the molecule is CC(NC(=O)c1ccc(OC(F)F)cc1)c1ncc[nH]1. The van der Waals surface area contributed by atoms with Gasteiger partial charge >= 0.3 is 6.61 Å². The Morgan fingerprint density at radius 1 is 1.35 bits per heavy atom. The second kappa shape index (κ2) is 6.14. The molecule has 2 aromatic rings. The Balaban J connectivity index is 1.99. The Morgan fingerprint density at radius 3 is 2.60 bits per heavy atom. The maximum Gasteiger partial charge on any atom is 0.387 e. The van der Waals surface area contributed by atoms with Gasteiger partial charge in [-0.3, -0.25) is 4.79 Å². The number of amides is 1. The van der Waals surface area contributed by atoms with Crippen molar-refractivity contribution >= 4 is 5.91 Å². The Kier molecular flexibility index (Phi) is 4.29. The Labute approximate surface area is 114 Å². The van der Waals surface area contributed by atoms with Crippen molar-refractivity contribution in [1.82, 2.24) is 15.3 Å². The molecule has 1 heterocycles. The van der Waals surface area contributed by atoms with Crippen LogP contribution in [0.3, 0.4) is 0 Å². The van der Waals surface area contributed by atoms with E-state index in [9.17, 15) is 13.6 Å². The Hall–Kier alpha value is -2.44. The summed E-state index contributed by atoms with van der Waals surface area (Å²) in [5, 5.41) is 2.74. The number of alkyl halides is 2. The van der Waals surface area contributed by atoms with E-state index < -0.39 is 6.61 Å². The zero-order valence-corrected chi connectivity index (χ0v) is 10.6. The summed E-state index contributed by atoms with van der Waals surface area (Å²) in [5.74, 6) is 0.323. The van der Waals surface area contributed by atoms with Crippen LogP contribution < -0.4 is 10.1 Å². The summed E-state index contributed by atoms with van der Waals surface area (Å²) in [6.45, 7) is -1.10. The Bertz CT molecular complexity index is 556. The minimum atomic E-state index is -2.88. The minimum Gasteiger partial charge on any atom is -0.435 e. The maximum atomic E-state index is 12.0. The molecule has 0 fully saturated rings. The van der Waals surface area contributed by atoms with E-state index in [2.05, 4.69) is 20.0 Å². The molecule has 0 aliphatic rings. The molecule has 7 heteroatoms. The summed E-state index contributed by atoms with van der Waals surface area (Å²) in [6.07, 6.45) is 3.25. The maximum absolute atomic E-state index is 12.0. The first-order chi connectivity index (χ1) is 9.56. The van der Waals surface area contributed by atoms with Crippen molar-refractivity contribution in [2.24, 2.45) is 0 Å². The molecule has 20 heavy (non-hydrogen) atoms. The fraction of sp³-hybridized carbons (Fsp3) is 0.231. The molecule has 0 saturated carbocycles. The summed E-state index contributed by atoms with van der Waals surface area (Å²) in [4.78, 5) is 18.9. The summed E-state index contributed by atoms with van der Waals surface area (Å²) in [6, 6.07) is 5.19. The number of nitrogens with one attached hydrogen (secondary N) is 2. The van der Waals surface area contributed by atoms with Gasteiger partial charge in [-0.05, 0) is 31.2 Å². The van der Waals surface area contributed by atoms with E-state index >= 15 is 0 Å². The first-order valence-electron chi connectivity index (χ1n) is 5.91. The molecule has 1 amide bonds. The van der Waals surface area contributed by atoms with Crippen molar-refractivity contribution in [3.05, 3.63) is 48.0 Å². The van der Waals surface area contributed by atoms with E-state index in [-0.39, 0.29) is 17.7 Å². The largest absolute Gasteiger partial charge is 0.435 e. The molecule has 0 radical (unpaired) electrons. The molecule has 0 bridgehead atoms. The number of nitrogens with zero attached hydrogens (tertiary/aromatic N) is 1. The second-order valence-electron chi connectivity index (χ2n) is 4.07. The van der Waals surface area contributed by atoms with Gasteiger partial charge in [0.2, 0.25) is 0 Å². The lowest BCUT2D eigenvalue weighted by molar-refractivity contribution is -0.0498. The monoisotopic (exact) mass is 281 g/mol. The lowest BCUT2D eigenvalue weighted by Crippen LogP contribution is -2.27. The van der Waals surface area contributed by atoms with Crippen LogP contribution in [0, 0.1) is 0 Å². The molecule has 1 unspecified atom stereocenters. The van der Waals surface area contributed by atoms with Gasteiger partial charge in [0.25, 0.3) is 5.91 Å². The van der Waals surface area contributed by atoms with E-state index in [1.807, 2.05) is 0 Å². The van der Waals surface area contributed by atoms with Crippen LogP contribution in [0.5, 0.6) is 5.75 Å². The van der Waals surface area contributed by atoms with Gasteiger partial charge < -0.3 is 15.0 Å². The first kappa shape index (κ1) is 14.0. The average molecular weight is 281 g/mol. The van der Waals surface area contributed by atoms with E-state index in [0.29, 0.717) is 11.4 Å². The number of carbonyl (C=O) groups is 1. The number of ether oxygens (including phenoxy) is 1. The average Bonchev–Trinajstić information content (AvgIpc) is 2.92. The van der Waals surface area contributed by atoms with Gasteiger partial charge in [0.15, 0.2) is 0 Å². The van der Waals surface area contributed by atoms with Crippen molar-refractivity contribution in [2.45, 2.75) is 19.6 Å². The molecule has 2 N–H and O–H groups in total. The van der Waals surface area contributed by atoms with Gasteiger partial charge in [-0.15, -0.1) is 0 Å². The molecule has 0 aliphatic heterocycles. The summed E-state index contributed by atoms with van der Waals surface area (Å²) in [5.41, 5.74) is 0.352. The van der Waals surface area contributed by atoms with Gasteiger partial charge in [-0.25, -0.2) is 4.98 Å². The fourth-order valence-corrected chi connectivity index (χ4v) is 1.65. The molecule has 1 atom stereocenters. The van der Waals surface area contributed by atoms with E-state index in [4.69, 9.17) is 0 Å². The lowest BCUT2D eigenvalue weighted by atomic mass is 10.2. The lowest BCUT2D eigenvalue weighted by Gasteiger charge is -2.11. The first-order valence-corrected chi connectivity index (χ1v) is 5.91. The highest BCUT2D eigenvalue weighted by atomic mass is 19.3. The number of hydrogen-bond donors (Lipinski definition) is 2. The predicted molar refractivity (Wildman–Crippen MR) is 67.5 cm³/mol. The van der Waals surface area contributed by atoms with Crippen molar-refractivity contribution in [3.63, 3.8) is 0 Å². The van der Waals surface area contributed by atoms with Gasteiger partial charge in [0, 0.05) is 18.0 Å². The zero-order chi connectivity index (χ0) is 14.5. The highest BCUT2D eigenvalue weighted by Crippen LogP contribution is 2.15. The van der Waals surface area contributed by atoms with Crippen molar-refractivity contribution in [3.8, 4) is 5.75 Å². The van der Waals surface area contributed by atoms with E-state index in [1.165, 1.54) is 24.3 Å². The van der Waals surface area contributed by atoms with Crippen LogP contribution in [0.1, 0.15) is 29.1 Å². The number of imidazole rings is 1. The van der Waals surface area contributed by atoms with Gasteiger partial charge in [-0.1, -0.05) is 0 Å².